The molecule has 0 aliphatic heterocycles. The molecular weight excluding hydrogens is 255 g/mol. The molecule has 1 amide bonds. The lowest BCUT2D eigenvalue weighted by Gasteiger charge is -2.06. The van der Waals surface area contributed by atoms with Gasteiger partial charge in [-0.1, -0.05) is 0 Å². The van der Waals surface area contributed by atoms with Crippen molar-refractivity contribution in [2.24, 2.45) is 0 Å². The van der Waals surface area contributed by atoms with Crippen molar-refractivity contribution in [1.29, 1.82) is 0 Å². The maximum Gasteiger partial charge on any atom is 0.336 e. The first-order valence-corrected chi connectivity index (χ1v) is 5.26. The van der Waals surface area contributed by atoms with Crippen molar-refractivity contribution in [3.05, 3.63) is 62.9 Å². The Morgan fingerprint density at radius 3 is 2.74 bits per heavy atom. The van der Waals surface area contributed by atoms with Gasteiger partial charge < -0.3 is 5.32 Å². The summed E-state index contributed by atoms with van der Waals surface area (Å²) in [5.74, 6) is -1.21. The topological polar surface area (TPSA) is 96.8 Å². The largest absolute Gasteiger partial charge is 0.336 e. The standard InChI is InChI=1S/C11H9FN4O3/c12-8-6-16(11(19)15-9(8)17)10(18)14-5-7-1-3-13-4-2-7/h1-4,6H,5H2,(H,14,18)(H,15,17,19). The first-order chi connectivity index (χ1) is 9.08. The molecule has 19 heavy (non-hydrogen) atoms. The Morgan fingerprint density at radius 2 is 2.05 bits per heavy atom. The molecule has 0 saturated heterocycles. The number of aromatic nitrogens is 3. The highest BCUT2D eigenvalue weighted by atomic mass is 19.1. The van der Waals surface area contributed by atoms with E-state index in [1.807, 2.05) is 0 Å². The molecule has 0 aromatic carbocycles. The fraction of sp³-hybridized carbons (Fsp3) is 0.0909. The number of aromatic amines is 1. The lowest BCUT2D eigenvalue weighted by atomic mass is 10.3. The van der Waals surface area contributed by atoms with Crippen LogP contribution in [0.3, 0.4) is 0 Å². The van der Waals surface area contributed by atoms with Gasteiger partial charge in [-0.05, 0) is 17.7 Å². The zero-order valence-corrected chi connectivity index (χ0v) is 9.59. The number of carbonyl (C=O) groups excluding carboxylic acids is 1. The summed E-state index contributed by atoms with van der Waals surface area (Å²) in [5, 5.41) is 2.41. The molecule has 0 saturated carbocycles. The van der Waals surface area contributed by atoms with Gasteiger partial charge in [0.2, 0.25) is 5.82 Å². The van der Waals surface area contributed by atoms with Crippen molar-refractivity contribution < 1.29 is 9.18 Å². The number of rotatable bonds is 2. The quantitative estimate of drug-likeness (QED) is 0.786. The van der Waals surface area contributed by atoms with E-state index in [0.717, 1.165) is 5.56 Å². The van der Waals surface area contributed by atoms with Gasteiger partial charge in [0.05, 0.1) is 6.20 Å². The van der Waals surface area contributed by atoms with Crippen LogP contribution in [-0.2, 0) is 6.54 Å². The summed E-state index contributed by atoms with van der Waals surface area (Å²) in [4.78, 5) is 39.3. The minimum atomic E-state index is -1.21. The number of carbonyl (C=O) groups is 1. The second-order valence-corrected chi connectivity index (χ2v) is 3.62. The molecule has 0 aliphatic carbocycles. The molecule has 0 aliphatic rings. The summed E-state index contributed by atoms with van der Waals surface area (Å²) in [6, 6.07) is 2.52. The molecule has 2 aromatic heterocycles. The maximum absolute atomic E-state index is 13.0. The fourth-order valence-electron chi connectivity index (χ4n) is 1.36. The predicted octanol–water partition coefficient (Wildman–Crippen LogP) is -0.171. The normalized spacial score (nSPS) is 10.2. The van der Waals surface area contributed by atoms with Crippen molar-refractivity contribution in [3.63, 3.8) is 0 Å². The Morgan fingerprint density at radius 1 is 1.37 bits per heavy atom. The van der Waals surface area contributed by atoms with Crippen LogP contribution in [0, 0.1) is 5.82 Å². The van der Waals surface area contributed by atoms with Crippen molar-refractivity contribution in [2.75, 3.05) is 0 Å². The molecule has 0 atom stereocenters. The number of nitrogens with one attached hydrogen (secondary N) is 2. The molecule has 98 valence electrons. The molecule has 0 fully saturated rings. The smallest absolute Gasteiger partial charge is 0.333 e. The van der Waals surface area contributed by atoms with Crippen LogP contribution in [0.2, 0.25) is 0 Å². The Balaban J connectivity index is 2.15. The van der Waals surface area contributed by atoms with Crippen molar-refractivity contribution in [3.8, 4) is 0 Å². The van der Waals surface area contributed by atoms with E-state index in [1.165, 1.54) is 0 Å². The molecule has 0 bridgehead atoms. The molecule has 2 heterocycles. The highest BCUT2D eigenvalue weighted by molar-refractivity contribution is 5.76. The molecule has 8 heteroatoms. The van der Waals surface area contributed by atoms with Crippen LogP contribution in [-0.4, -0.2) is 20.6 Å². The van der Waals surface area contributed by atoms with E-state index in [9.17, 15) is 18.8 Å². The SMILES string of the molecule is O=C(NCc1ccncc1)n1cc(F)c(=O)[nH]c1=O. The third kappa shape index (κ3) is 2.92. The van der Waals surface area contributed by atoms with Gasteiger partial charge in [-0.15, -0.1) is 0 Å². The van der Waals surface area contributed by atoms with Gasteiger partial charge in [-0.3, -0.25) is 14.8 Å². The van der Waals surface area contributed by atoms with E-state index in [4.69, 9.17) is 0 Å². The molecule has 0 radical (unpaired) electrons. The van der Waals surface area contributed by atoms with Gasteiger partial charge in [-0.2, -0.15) is 4.39 Å². The van der Waals surface area contributed by atoms with E-state index < -0.39 is 23.1 Å². The second kappa shape index (κ2) is 5.25. The number of hydrogen-bond donors (Lipinski definition) is 2. The van der Waals surface area contributed by atoms with Crippen molar-refractivity contribution in [1.82, 2.24) is 19.9 Å². The first kappa shape index (κ1) is 12.7. The van der Waals surface area contributed by atoms with Crippen LogP contribution < -0.4 is 16.6 Å². The summed E-state index contributed by atoms with van der Waals surface area (Å²) >= 11 is 0. The summed E-state index contributed by atoms with van der Waals surface area (Å²) in [6.45, 7) is 0.147. The Hall–Kier alpha value is -2.77. The van der Waals surface area contributed by atoms with Gasteiger partial charge >= 0.3 is 11.7 Å². The minimum Gasteiger partial charge on any atom is -0.333 e. The molecule has 7 nitrogen and oxygen atoms in total. The van der Waals surface area contributed by atoms with Gasteiger partial charge in [0.25, 0.3) is 5.56 Å². The van der Waals surface area contributed by atoms with E-state index >= 15 is 0 Å². The van der Waals surface area contributed by atoms with Crippen LogP contribution in [0.1, 0.15) is 5.56 Å². The fourth-order valence-corrected chi connectivity index (χ4v) is 1.36. The third-order valence-corrected chi connectivity index (χ3v) is 2.31. The van der Waals surface area contributed by atoms with Gasteiger partial charge in [-0.25, -0.2) is 14.2 Å². The average Bonchev–Trinajstić information content (AvgIpc) is 2.41. The number of hydrogen-bond acceptors (Lipinski definition) is 4. The second-order valence-electron chi connectivity index (χ2n) is 3.62. The molecule has 0 spiro atoms. The Bertz CT molecular complexity index is 708. The zero-order chi connectivity index (χ0) is 13.8. The minimum absolute atomic E-state index is 0.147. The summed E-state index contributed by atoms with van der Waals surface area (Å²) in [7, 11) is 0. The molecule has 0 unspecified atom stereocenters. The maximum atomic E-state index is 13.0. The molecule has 2 N–H and O–H groups in total. The van der Waals surface area contributed by atoms with Gasteiger partial charge in [0.15, 0.2) is 0 Å². The van der Waals surface area contributed by atoms with Gasteiger partial charge in [0.1, 0.15) is 0 Å². The third-order valence-electron chi connectivity index (χ3n) is 2.31. The van der Waals surface area contributed by atoms with Crippen molar-refractivity contribution >= 4 is 6.03 Å². The van der Waals surface area contributed by atoms with Crippen LogP contribution in [0.4, 0.5) is 9.18 Å². The zero-order valence-electron chi connectivity index (χ0n) is 9.59. The predicted molar refractivity (Wildman–Crippen MR) is 63.2 cm³/mol. The van der Waals surface area contributed by atoms with Crippen LogP contribution in [0.15, 0.2) is 40.3 Å². The summed E-state index contributed by atoms with van der Waals surface area (Å²) < 4.78 is 13.4. The number of nitrogens with zero attached hydrogens (tertiary/aromatic N) is 2. The highest BCUT2D eigenvalue weighted by Crippen LogP contribution is 1.95. The first-order valence-electron chi connectivity index (χ1n) is 5.26. The average molecular weight is 264 g/mol. The number of halogens is 1. The van der Waals surface area contributed by atoms with E-state index in [1.54, 1.807) is 29.5 Å². The summed E-state index contributed by atoms with van der Waals surface area (Å²) in [6.07, 6.45) is 3.64. The number of H-pyrrole nitrogens is 1. The van der Waals surface area contributed by atoms with Gasteiger partial charge in [0, 0.05) is 18.9 Å². The van der Waals surface area contributed by atoms with Crippen molar-refractivity contribution in [2.45, 2.75) is 6.54 Å². The monoisotopic (exact) mass is 264 g/mol. The lowest BCUT2D eigenvalue weighted by molar-refractivity contribution is 0.240. The van der Waals surface area contributed by atoms with Crippen LogP contribution in [0.25, 0.3) is 0 Å². The number of pyridine rings is 1. The van der Waals surface area contributed by atoms with E-state index in [2.05, 4.69) is 10.3 Å². The number of amides is 1. The Kier molecular flexibility index (Phi) is 3.51. The lowest BCUT2D eigenvalue weighted by Crippen LogP contribution is -2.40. The van der Waals surface area contributed by atoms with E-state index in [-0.39, 0.29) is 6.54 Å². The van der Waals surface area contributed by atoms with E-state index in [0.29, 0.717) is 10.8 Å². The molecule has 2 aromatic rings. The summed E-state index contributed by atoms with van der Waals surface area (Å²) in [5.41, 5.74) is -1.40. The molecular formula is C11H9FN4O3. The highest BCUT2D eigenvalue weighted by Gasteiger charge is 2.10. The molecule has 2 rings (SSSR count). The van der Waals surface area contributed by atoms with Crippen LogP contribution >= 0.6 is 0 Å². The van der Waals surface area contributed by atoms with Crippen LogP contribution in [0.5, 0.6) is 0 Å². The Labute approximate surface area is 105 Å².